The minimum Gasteiger partial charge on any atom is -0.433 e. The zero-order valence-corrected chi connectivity index (χ0v) is 10.1. The molecule has 1 aromatic carbocycles. The van der Waals surface area contributed by atoms with Gasteiger partial charge in [0.1, 0.15) is 0 Å². The second-order valence-corrected chi connectivity index (χ2v) is 4.14. The Bertz CT molecular complexity index is 606. The van der Waals surface area contributed by atoms with Crippen molar-refractivity contribution < 1.29 is 22.3 Å². The summed E-state index contributed by atoms with van der Waals surface area (Å²) in [6, 6.07) is 3.99. The number of ether oxygens (including phenoxy) is 1. The van der Waals surface area contributed by atoms with E-state index >= 15 is 0 Å². The molecule has 0 radical (unpaired) electrons. The molecule has 0 atom stereocenters. The van der Waals surface area contributed by atoms with Gasteiger partial charge in [0.2, 0.25) is 0 Å². The van der Waals surface area contributed by atoms with E-state index in [1.807, 2.05) is 0 Å². The van der Waals surface area contributed by atoms with Crippen LogP contribution in [0, 0.1) is 23.4 Å². The average Bonchev–Trinajstić information content (AvgIpc) is 2.29. The standard InChI is InChI=1S/C11H4BrF4NO/c12-5-1-2-9(6(13)3-5)18-11-8(15)4-7(14)10(16)17-11/h1-4H. The molecule has 0 aliphatic rings. The summed E-state index contributed by atoms with van der Waals surface area (Å²) < 4.78 is 57.2. The van der Waals surface area contributed by atoms with Crippen LogP contribution < -0.4 is 4.74 Å². The van der Waals surface area contributed by atoms with Gasteiger partial charge in [-0.2, -0.15) is 9.37 Å². The lowest BCUT2D eigenvalue weighted by atomic mass is 10.3. The van der Waals surface area contributed by atoms with Gasteiger partial charge in [-0.3, -0.25) is 0 Å². The minimum absolute atomic E-state index is 0.272. The molecule has 0 N–H and O–H groups in total. The maximum atomic E-state index is 13.4. The Labute approximate surface area is 107 Å². The van der Waals surface area contributed by atoms with E-state index in [-0.39, 0.29) is 11.8 Å². The van der Waals surface area contributed by atoms with Crippen LogP contribution in [-0.2, 0) is 0 Å². The highest BCUT2D eigenvalue weighted by Gasteiger charge is 2.15. The Morgan fingerprint density at radius 3 is 2.33 bits per heavy atom. The van der Waals surface area contributed by atoms with Crippen molar-refractivity contribution >= 4 is 15.9 Å². The minimum atomic E-state index is -1.52. The van der Waals surface area contributed by atoms with Crippen LogP contribution in [0.2, 0.25) is 0 Å². The Kier molecular flexibility index (Phi) is 3.51. The average molecular weight is 322 g/mol. The highest BCUT2D eigenvalue weighted by Crippen LogP contribution is 2.27. The van der Waals surface area contributed by atoms with Gasteiger partial charge in [0.15, 0.2) is 23.2 Å². The van der Waals surface area contributed by atoms with Crippen molar-refractivity contribution in [3.8, 4) is 11.6 Å². The smallest absolute Gasteiger partial charge is 0.258 e. The monoisotopic (exact) mass is 321 g/mol. The lowest BCUT2D eigenvalue weighted by Gasteiger charge is -2.07. The second kappa shape index (κ2) is 4.93. The first kappa shape index (κ1) is 12.8. The van der Waals surface area contributed by atoms with Gasteiger partial charge >= 0.3 is 0 Å². The van der Waals surface area contributed by atoms with Crippen molar-refractivity contribution in [2.45, 2.75) is 0 Å². The van der Waals surface area contributed by atoms with Crippen LogP contribution in [-0.4, -0.2) is 4.98 Å². The molecule has 0 fully saturated rings. The zero-order valence-electron chi connectivity index (χ0n) is 8.55. The summed E-state index contributed by atoms with van der Waals surface area (Å²) in [7, 11) is 0. The van der Waals surface area contributed by atoms with Gasteiger partial charge in [-0.05, 0) is 18.2 Å². The van der Waals surface area contributed by atoms with Crippen LogP contribution in [0.1, 0.15) is 0 Å². The number of hydrogen-bond acceptors (Lipinski definition) is 2. The third kappa shape index (κ3) is 2.61. The fourth-order valence-electron chi connectivity index (χ4n) is 1.16. The molecule has 1 heterocycles. The molecule has 2 rings (SSSR count). The van der Waals surface area contributed by atoms with Crippen molar-refractivity contribution in [2.75, 3.05) is 0 Å². The highest BCUT2D eigenvalue weighted by molar-refractivity contribution is 9.10. The highest BCUT2D eigenvalue weighted by atomic mass is 79.9. The molecule has 2 aromatic rings. The van der Waals surface area contributed by atoms with Crippen molar-refractivity contribution in [3.63, 3.8) is 0 Å². The molecular formula is C11H4BrF4NO. The number of nitrogens with zero attached hydrogens (tertiary/aromatic N) is 1. The molecule has 94 valence electrons. The third-order valence-corrected chi connectivity index (χ3v) is 2.45. The quantitative estimate of drug-likeness (QED) is 0.611. The van der Waals surface area contributed by atoms with Gasteiger partial charge < -0.3 is 4.74 Å². The second-order valence-electron chi connectivity index (χ2n) is 3.22. The van der Waals surface area contributed by atoms with Gasteiger partial charge in [-0.15, -0.1) is 0 Å². The first-order chi connectivity index (χ1) is 8.47. The summed E-state index contributed by atoms with van der Waals surface area (Å²) in [5.41, 5.74) is 0. The Balaban J connectivity index is 2.37. The van der Waals surface area contributed by atoms with E-state index in [1.54, 1.807) is 0 Å². The molecule has 0 saturated heterocycles. The zero-order chi connectivity index (χ0) is 13.3. The van der Waals surface area contributed by atoms with Crippen LogP contribution in [0.15, 0.2) is 28.7 Å². The topological polar surface area (TPSA) is 22.1 Å². The lowest BCUT2D eigenvalue weighted by molar-refractivity contribution is 0.372. The van der Waals surface area contributed by atoms with Crippen molar-refractivity contribution in [1.82, 2.24) is 4.98 Å². The largest absolute Gasteiger partial charge is 0.433 e. The molecule has 1 aromatic heterocycles. The first-order valence-corrected chi connectivity index (χ1v) is 5.41. The summed E-state index contributed by atoms with van der Waals surface area (Å²) in [6.07, 6.45) is 0. The fraction of sp³-hybridized carbons (Fsp3) is 0. The molecule has 2 nitrogen and oxygen atoms in total. The van der Waals surface area contributed by atoms with Gasteiger partial charge in [0.05, 0.1) is 0 Å². The van der Waals surface area contributed by atoms with Crippen molar-refractivity contribution in [2.24, 2.45) is 0 Å². The maximum Gasteiger partial charge on any atom is 0.258 e. The van der Waals surface area contributed by atoms with Gasteiger partial charge in [-0.25, -0.2) is 13.2 Å². The number of hydrogen-bond donors (Lipinski definition) is 0. The molecular weight excluding hydrogens is 318 g/mol. The van der Waals surface area contributed by atoms with Crippen LogP contribution in [0.3, 0.4) is 0 Å². The van der Waals surface area contributed by atoms with Gasteiger partial charge in [-0.1, -0.05) is 15.9 Å². The molecule has 7 heteroatoms. The third-order valence-electron chi connectivity index (χ3n) is 1.96. The van der Waals surface area contributed by atoms with E-state index in [0.717, 1.165) is 6.07 Å². The number of rotatable bonds is 2. The first-order valence-electron chi connectivity index (χ1n) is 4.62. The van der Waals surface area contributed by atoms with E-state index in [4.69, 9.17) is 4.74 Å². The fourth-order valence-corrected chi connectivity index (χ4v) is 1.50. The van der Waals surface area contributed by atoms with E-state index in [2.05, 4.69) is 20.9 Å². The molecule has 0 amide bonds. The van der Waals surface area contributed by atoms with Crippen LogP contribution in [0.25, 0.3) is 0 Å². The maximum absolute atomic E-state index is 13.4. The SMILES string of the molecule is Fc1cc(Br)ccc1Oc1nc(F)c(F)cc1F. The Morgan fingerprint density at radius 1 is 0.944 bits per heavy atom. The van der Waals surface area contributed by atoms with Crippen LogP contribution >= 0.6 is 15.9 Å². The van der Waals surface area contributed by atoms with Crippen molar-refractivity contribution in [1.29, 1.82) is 0 Å². The van der Waals surface area contributed by atoms with E-state index in [1.165, 1.54) is 12.1 Å². The number of benzene rings is 1. The molecule has 0 spiro atoms. The number of aromatic nitrogens is 1. The van der Waals surface area contributed by atoms with E-state index in [9.17, 15) is 17.6 Å². The summed E-state index contributed by atoms with van der Waals surface area (Å²) in [6.45, 7) is 0. The molecule has 0 aliphatic heterocycles. The molecule has 0 aliphatic carbocycles. The summed E-state index contributed by atoms with van der Waals surface area (Å²) in [4.78, 5) is 2.91. The number of halogens is 5. The summed E-state index contributed by atoms with van der Waals surface area (Å²) >= 11 is 3.02. The van der Waals surface area contributed by atoms with E-state index in [0.29, 0.717) is 4.47 Å². The molecule has 18 heavy (non-hydrogen) atoms. The van der Waals surface area contributed by atoms with Crippen LogP contribution in [0.5, 0.6) is 11.6 Å². The molecule has 0 unspecified atom stereocenters. The predicted octanol–water partition coefficient (Wildman–Crippen LogP) is 4.19. The predicted molar refractivity (Wildman–Crippen MR) is 58.3 cm³/mol. The van der Waals surface area contributed by atoms with Gasteiger partial charge in [0.25, 0.3) is 11.8 Å². The van der Waals surface area contributed by atoms with Crippen LogP contribution in [0.4, 0.5) is 17.6 Å². The van der Waals surface area contributed by atoms with Gasteiger partial charge in [0, 0.05) is 10.5 Å². The lowest BCUT2D eigenvalue weighted by Crippen LogP contribution is -1.99. The van der Waals surface area contributed by atoms with E-state index < -0.39 is 29.3 Å². The summed E-state index contributed by atoms with van der Waals surface area (Å²) in [5.74, 6) is -6.18. The Morgan fingerprint density at radius 2 is 1.67 bits per heavy atom. The van der Waals surface area contributed by atoms with Crippen molar-refractivity contribution in [3.05, 3.63) is 52.1 Å². The molecule has 0 saturated carbocycles. The Hall–Kier alpha value is -1.63. The number of pyridine rings is 1. The molecule has 0 bridgehead atoms. The normalized spacial score (nSPS) is 10.5. The summed E-state index contributed by atoms with van der Waals surface area (Å²) in [5, 5.41) is 0.